The lowest BCUT2D eigenvalue weighted by Crippen LogP contribution is -2.10. The van der Waals surface area contributed by atoms with Crippen molar-refractivity contribution in [1.82, 2.24) is 0 Å². The molecule has 0 saturated heterocycles. The molecule has 0 fully saturated rings. The molecule has 2 aromatic carbocycles. The van der Waals surface area contributed by atoms with Crippen LogP contribution >= 0.6 is 0 Å². The second-order valence-electron chi connectivity index (χ2n) is 4.69. The Balaban J connectivity index is 2.10. The van der Waals surface area contributed by atoms with Gasteiger partial charge in [-0.05, 0) is 30.2 Å². The van der Waals surface area contributed by atoms with Gasteiger partial charge < -0.3 is 15.2 Å². The van der Waals surface area contributed by atoms with Crippen LogP contribution < -0.4 is 15.2 Å². The van der Waals surface area contributed by atoms with E-state index >= 15 is 0 Å². The maximum absolute atomic E-state index is 6.11. The highest BCUT2D eigenvalue weighted by Gasteiger charge is 2.09. The fourth-order valence-electron chi connectivity index (χ4n) is 2.06. The average molecular weight is 271 g/mol. The molecule has 106 valence electrons. The molecule has 1 atom stereocenters. The Bertz CT molecular complexity index is 554. The topological polar surface area (TPSA) is 44.5 Å². The Morgan fingerprint density at radius 1 is 1.10 bits per heavy atom. The number of nitrogens with two attached hydrogens (primary N) is 1. The number of ether oxygens (including phenoxy) is 2. The van der Waals surface area contributed by atoms with E-state index in [0.717, 1.165) is 29.0 Å². The molecule has 3 nitrogen and oxygen atoms in total. The van der Waals surface area contributed by atoms with Gasteiger partial charge in [0.15, 0.2) is 0 Å². The summed E-state index contributed by atoms with van der Waals surface area (Å²) >= 11 is 0. The lowest BCUT2D eigenvalue weighted by molar-refractivity contribution is 0.300. The molecular weight excluding hydrogens is 250 g/mol. The second-order valence-corrected chi connectivity index (χ2v) is 4.69. The Kier molecular flexibility index (Phi) is 5.02. The molecule has 0 heterocycles. The number of rotatable bonds is 6. The van der Waals surface area contributed by atoms with E-state index in [0.29, 0.717) is 6.61 Å². The van der Waals surface area contributed by atoms with Crippen molar-refractivity contribution in [2.24, 2.45) is 5.73 Å². The summed E-state index contributed by atoms with van der Waals surface area (Å²) < 4.78 is 11.1. The van der Waals surface area contributed by atoms with Crippen LogP contribution in [0, 0.1) is 0 Å². The maximum atomic E-state index is 6.11. The first-order valence-corrected chi connectivity index (χ1v) is 6.84. The maximum Gasteiger partial charge on any atom is 0.124 e. The highest BCUT2D eigenvalue weighted by molar-refractivity contribution is 5.36. The number of methoxy groups -OCH3 is 1. The van der Waals surface area contributed by atoms with Crippen LogP contribution in [-0.2, 0) is 6.61 Å². The van der Waals surface area contributed by atoms with Gasteiger partial charge in [0.2, 0.25) is 0 Å². The van der Waals surface area contributed by atoms with Crippen LogP contribution in [0.25, 0.3) is 0 Å². The zero-order chi connectivity index (χ0) is 14.4. The van der Waals surface area contributed by atoms with Crippen molar-refractivity contribution in [1.29, 1.82) is 0 Å². The Morgan fingerprint density at radius 2 is 1.90 bits per heavy atom. The van der Waals surface area contributed by atoms with Gasteiger partial charge in [-0.15, -0.1) is 0 Å². The molecule has 20 heavy (non-hydrogen) atoms. The predicted molar refractivity (Wildman–Crippen MR) is 81.0 cm³/mol. The molecule has 3 heteroatoms. The molecule has 0 radical (unpaired) electrons. The predicted octanol–water partition coefficient (Wildman–Crippen LogP) is 3.68. The summed E-state index contributed by atoms with van der Waals surface area (Å²) in [5.41, 5.74) is 8.24. The van der Waals surface area contributed by atoms with Gasteiger partial charge in [-0.3, -0.25) is 0 Å². The first kappa shape index (κ1) is 14.4. The van der Waals surface area contributed by atoms with Gasteiger partial charge in [-0.25, -0.2) is 0 Å². The third-order valence-electron chi connectivity index (χ3n) is 3.29. The van der Waals surface area contributed by atoms with Crippen molar-refractivity contribution in [2.45, 2.75) is 26.0 Å². The third-order valence-corrected chi connectivity index (χ3v) is 3.29. The summed E-state index contributed by atoms with van der Waals surface area (Å²) in [6.07, 6.45) is 0.888. The first-order chi connectivity index (χ1) is 9.74. The zero-order valence-electron chi connectivity index (χ0n) is 12.0. The molecule has 0 aliphatic heterocycles. The molecule has 0 aliphatic rings. The quantitative estimate of drug-likeness (QED) is 0.871. The summed E-state index contributed by atoms with van der Waals surface area (Å²) in [5, 5.41) is 0. The van der Waals surface area contributed by atoms with E-state index in [1.807, 2.05) is 48.5 Å². The van der Waals surface area contributed by atoms with Crippen LogP contribution in [-0.4, -0.2) is 7.11 Å². The van der Waals surface area contributed by atoms with Crippen molar-refractivity contribution in [3.05, 3.63) is 59.7 Å². The highest BCUT2D eigenvalue weighted by Crippen LogP contribution is 2.26. The van der Waals surface area contributed by atoms with Gasteiger partial charge in [0.1, 0.15) is 18.1 Å². The fraction of sp³-hybridized carbons (Fsp3) is 0.294. The van der Waals surface area contributed by atoms with Crippen molar-refractivity contribution in [3.8, 4) is 11.5 Å². The molecular formula is C17H21NO2. The molecule has 2 aromatic rings. The molecule has 0 bridgehead atoms. The van der Waals surface area contributed by atoms with Crippen molar-refractivity contribution in [2.75, 3.05) is 7.11 Å². The van der Waals surface area contributed by atoms with Crippen molar-refractivity contribution in [3.63, 3.8) is 0 Å². The Labute approximate surface area is 120 Å². The number of hydrogen-bond acceptors (Lipinski definition) is 3. The van der Waals surface area contributed by atoms with Crippen LogP contribution in [0.5, 0.6) is 11.5 Å². The SMILES string of the molecule is CC[C@H](N)c1ccccc1OCc1cccc(OC)c1. The highest BCUT2D eigenvalue weighted by atomic mass is 16.5. The van der Waals surface area contributed by atoms with Crippen LogP contribution in [0.15, 0.2) is 48.5 Å². The van der Waals surface area contributed by atoms with Gasteiger partial charge in [0, 0.05) is 11.6 Å². The van der Waals surface area contributed by atoms with E-state index in [4.69, 9.17) is 15.2 Å². The minimum absolute atomic E-state index is 0.0107. The van der Waals surface area contributed by atoms with E-state index in [1.165, 1.54) is 0 Å². The monoisotopic (exact) mass is 271 g/mol. The Hall–Kier alpha value is -2.00. The number of para-hydroxylation sites is 1. The lowest BCUT2D eigenvalue weighted by atomic mass is 10.0. The summed E-state index contributed by atoms with van der Waals surface area (Å²) in [6.45, 7) is 2.58. The average Bonchev–Trinajstić information content (AvgIpc) is 2.52. The summed E-state index contributed by atoms with van der Waals surface area (Å²) in [7, 11) is 1.66. The van der Waals surface area contributed by atoms with Crippen LogP contribution in [0.2, 0.25) is 0 Å². The van der Waals surface area contributed by atoms with Crippen LogP contribution in [0.4, 0.5) is 0 Å². The molecule has 0 aromatic heterocycles. The zero-order valence-corrected chi connectivity index (χ0v) is 12.0. The Morgan fingerprint density at radius 3 is 2.65 bits per heavy atom. The van der Waals surface area contributed by atoms with E-state index in [2.05, 4.69) is 6.92 Å². The van der Waals surface area contributed by atoms with E-state index in [-0.39, 0.29) is 6.04 Å². The normalized spacial score (nSPS) is 11.9. The van der Waals surface area contributed by atoms with E-state index in [9.17, 15) is 0 Å². The molecule has 0 saturated carbocycles. The van der Waals surface area contributed by atoms with Crippen molar-refractivity contribution >= 4 is 0 Å². The van der Waals surface area contributed by atoms with Crippen LogP contribution in [0.3, 0.4) is 0 Å². The van der Waals surface area contributed by atoms with E-state index < -0.39 is 0 Å². The molecule has 2 rings (SSSR count). The third kappa shape index (κ3) is 3.52. The first-order valence-electron chi connectivity index (χ1n) is 6.84. The molecule has 0 spiro atoms. The lowest BCUT2D eigenvalue weighted by Gasteiger charge is -2.15. The minimum atomic E-state index is 0.0107. The summed E-state index contributed by atoms with van der Waals surface area (Å²) in [4.78, 5) is 0. The fourth-order valence-corrected chi connectivity index (χ4v) is 2.06. The largest absolute Gasteiger partial charge is 0.497 e. The molecule has 2 N–H and O–H groups in total. The molecule has 0 aliphatic carbocycles. The summed E-state index contributed by atoms with van der Waals surface area (Å²) in [5.74, 6) is 1.69. The van der Waals surface area contributed by atoms with Gasteiger partial charge in [0.05, 0.1) is 7.11 Å². The smallest absolute Gasteiger partial charge is 0.124 e. The van der Waals surface area contributed by atoms with E-state index in [1.54, 1.807) is 7.11 Å². The van der Waals surface area contributed by atoms with Gasteiger partial charge in [-0.2, -0.15) is 0 Å². The molecule has 0 amide bonds. The summed E-state index contributed by atoms with van der Waals surface area (Å²) in [6, 6.07) is 15.8. The van der Waals surface area contributed by atoms with Gasteiger partial charge in [-0.1, -0.05) is 37.3 Å². The number of benzene rings is 2. The van der Waals surface area contributed by atoms with Crippen molar-refractivity contribution < 1.29 is 9.47 Å². The second kappa shape index (κ2) is 6.96. The van der Waals surface area contributed by atoms with Crippen LogP contribution in [0.1, 0.15) is 30.5 Å². The minimum Gasteiger partial charge on any atom is -0.497 e. The number of hydrogen-bond donors (Lipinski definition) is 1. The molecule has 0 unspecified atom stereocenters. The van der Waals surface area contributed by atoms with Gasteiger partial charge in [0.25, 0.3) is 0 Å². The van der Waals surface area contributed by atoms with Gasteiger partial charge >= 0.3 is 0 Å². The standard InChI is InChI=1S/C17H21NO2/c1-3-16(18)15-9-4-5-10-17(15)20-12-13-7-6-8-14(11-13)19-2/h4-11,16H,3,12,18H2,1-2H3/t16-/m0/s1.